The highest BCUT2D eigenvalue weighted by atomic mass is 19.2. The molecule has 0 aliphatic rings. The summed E-state index contributed by atoms with van der Waals surface area (Å²) in [6.07, 6.45) is 7.22. The molecule has 0 spiro atoms. The molecule has 6 nitrogen and oxygen atoms in total. The van der Waals surface area contributed by atoms with Crippen molar-refractivity contribution in [3.05, 3.63) is 29.1 Å². The van der Waals surface area contributed by atoms with Gasteiger partial charge in [0.15, 0.2) is 0 Å². The number of rotatable bonds is 20. The summed E-state index contributed by atoms with van der Waals surface area (Å²) in [6, 6.07) is 0. The maximum atomic E-state index is 14.0. The molecule has 0 radical (unpaired) electrons. The highest BCUT2D eigenvalue weighted by Crippen LogP contribution is 2.32. The van der Waals surface area contributed by atoms with Gasteiger partial charge >= 0.3 is 6.09 Å². The zero-order valence-electron chi connectivity index (χ0n) is 22.9. The summed E-state index contributed by atoms with van der Waals surface area (Å²) < 4.78 is 91.0. The lowest BCUT2D eigenvalue weighted by Crippen LogP contribution is -2.51. The highest BCUT2D eigenvalue weighted by molar-refractivity contribution is 5.70. The van der Waals surface area contributed by atoms with E-state index in [2.05, 4.69) is 17.0 Å². The first kappa shape index (κ1) is 34.0. The molecule has 0 aromatic heterocycles. The van der Waals surface area contributed by atoms with Crippen LogP contribution in [0.25, 0.3) is 0 Å². The number of carbonyl (C=O) groups is 1. The first-order valence-electron chi connectivity index (χ1n) is 13.6. The standard InChI is InChI=1S/C27H42F5NO5/c1-5-9-10-11-12-13-14-19(27(35-15-6-2,36-16-7-3)37-17-8-4)18-33-26(34)38-25-23(31)21(29)20(28)22(30)24(25)32/h19H,5-18H2,1-4H3,(H,33,34). The third-order valence-corrected chi connectivity index (χ3v) is 5.79. The number of benzene rings is 1. The Hall–Kier alpha value is -1.98. The van der Waals surface area contributed by atoms with Crippen LogP contribution < -0.4 is 10.1 Å². The van der Waals surface area contributed by atoms with E-state index in [0.29, 0.717) is 45.5 Å². The molecule has 1 amide bonds. The second-order valence-corrected chi connectivity index (χ2v) is 9.07. The van der Waals surface area contributed by atoms with Gasteiger partial charge in [0, 0.05) is 6.54 Å². The average Bonchev–Trinajstić information content (AvgIpc) is 2.92. The Balaban J connectivity index is 3.12. The Kier molecular flexibility index (Phi) is 16.4. The molecule has 0 bridgehead atoms. The van der Waals surface area contributed by atoms with E-state index in [-0.39, 0.29) is 6.54 Å². The highest BCUT2D eigenvalue weighted by Gasteiger charge is 2.43. The molecular weight excluding hydrogens is 513 g/mol. The van der Waals surface area contributed by atoms with E-state index in [1.165, 1.54) is 0 Å². The Morgan fingerprint density at radius 1 is 0.684 bits per heavy atom. The number of hydrogen-bond acceptors (Lipinski definition) is 5. The number of unbranched alkanes of at least 4 members (excludes halogenated alkanes) is 5. The van der Waals surface area contributed by atoms with E-state index in [1.807, 2.05) is 20.8 Å². The van der Waals surface area contributed by atoms with Crippen molar-refractivity contribution in [1.82, 2.24) is 5.32 Å². The van der Waals surface area contributed by atoms with Crippen molar-refractivity contribution in [1.29, 1.82) is 0 Å². The predicted octanol–water partition coefficient (Wildman–Crippen LogP) is 7.77. The number of hydrogen-bond donors (Lipinski definition) is 1. The minimum absolute atomic E-state index is 0.152. The Morgan fingerprint density at radius 2 is 1.13 bits per heavy atom. The summed E-state index contributed by atoms with van der Waals surface area (Å²) in [6.45, 7) is 8.69. The van der Waals surface area contributed by atoms with Crippen molar-refractivity contribution in [2.45, 2.75) is 97.9 Å². The minimum atomic E-state index is -2.34. The first-order valence-corrected chi connectivity index (χ1v) is 13.6. The number of halogens is 5. The second kappa shape index (κ2) is 18.3. The van der Waals surface area contributed by atoms with Gasteiger partial charge in [-0.1, -0.05) is 66.2 Å². The molecule has 11 heteroatoms. The van der Waals surface area contributed by atoms with Gasteiger partial charge in [-0.3, -0.25) is 0 Å². The maximum Gasteiger partial charge on any atom is 0.412 e. The Labute approximate surface area is 222 Å². The van der Waals surface area contributed by atoms with E-state index in [0.717, 1.165) is 38.5 Å². The van der Waals surface area contributed by atoms with Gasteiger partial charge in [0.2, 0.25) is 34.8 Å². The van der Waals surface area contributed by atoms with Gasteiger partial charge in [-0.15, -0.1) is 0 Å². The lowest BCUT2D eigenvalue weighted by Gasteiger charge is -2.39. The SMILES string of the molecule is CCCCCCCCC(CNC(=O)Oc1c(F)c(F)c(F)c(F)c1F)C(OCCC)(OCCC)OCCC. The first-order chi connectivity index (χ1) is 18.2. The van der Waals surface area contributed by atoms with Gasteiger partial charge in [0.1, 0.15) is 0 Å². The van der Waals surface area contributed by atoms with Gasteiger partial charge in [0.25, 0.3) is 5.97 Å². The van der Waals surface area contributed by atoms with Crippen LogP contribution in [-0.4, -0.2) is 38.4 Å². The van der Waals surface area contributed by atoms with Gasteiger partial charge in [-0.2, -0.15) is 8.78 Å². The van der Waals surface area contributed by atoms with Gasteiger partial charge in [0.05, 0.1) is 25.7 Å². The fourth-order valence-electron chi connectivity index (χ4n) is 3.80. The van der Waals surface area contributed by atoms with E-state index >= 15 is 0 Å². The molecule has 1 aromatic rings. The van der Waals surface area contributed by atoms with Crippen molar-refractivity contribution in [3.63, 3.8) is 0 Å². The summed E-state index contributed by atoms with van der Waals surface area (Å²) in [4.78, 5) is 12.4. The van der Waals surface area contributed by atoms with E-state index in [1.54, 1.807) is 0 Å². The summed E-state index contributed by atoms with van der Waals surface area (Å²) >= 11 is 0. The molecule has 1 atom stereocenters. The van der Waals surface area contributed by atoms with Crippen molar-refractivity contribution in [3.8, 4) is 5.75 Å². The molecule has 0 saturated heterocycles. The van der Waals surface area contributed by atoms with Crippen molar-refractivity contribution < 1.29 is 45.7 Å². The predicted molar refractivity (Wildman–Crippen MR) is 133 cm³/mol. The van der Waals surface area contributed by atoms with Gasteiger partial charge in [-0.25, -0.2) is 18.0 Å². The fraction of sp³-hybridized carbons (Fsp3) is 0.741. The Bertz CT molecular complexity index is 792. The van der Waals surface area contributed by atoms with Crippen LogP contribution in [0, 0.1) is 35.0 Å². The number of amides is 1. The summed E-state index contributed by atoms with van der Waals surface area (Å²) in [5.74, 6) is -15.0. The third-order valence-electron chi connectivity index (χ3n) is 5.79. The fourth-order valence-corrected chi connectivity index (χ4v) is 3.80. The van der Waals surface area contributed by atoms with Crippen LogP contribution >= 0.6 is 0 Å². The molecule has 38 heavy (non-hydrogen) atoms. The monoisotopic (exact) mass is 555 g/mol. The smallest absolute Gasteiger partial charge is 0.404 e. The quantitative estimate of drug-likeness (QED) is 0.0585. The summed E-state index contributed by atoms with van der Waals surface area (Å²) in [5, 5.41) is 2.36. The molecule has 0 aliphatic carbocycles. The lowest BCUT2D eigenvalue weighted by molar-refractivity contribution is -0.405. The number of carbonyl (C=O) groups excluding carboxylic acids is 1. The molecule has 1 N–H and O–H groups in total. The number of ether oxygens (including phenoxy) is 4. The van der Waals surface area contributed by atoms with Crippen LogP contribution in [0.15, 0.2) is 0 Å². The molecule has 0 aliphatic heterocycles. The van der Waals surface area contributed by atoms with Crippen LogP contribution in [0.3, 0.4) is 0 Å². The Morgan fingerprint density at radius 3 is 1.61 bits per heavy atom. The van der Waals surface area contributed by atoms with Crippen molar-refractivity contribution in [2.75, 3.05) is 26.4 Å². The van der Waals surface area contributed by atoms with Crippen molar-refractivity contribution in [2.24, 2.45) is 5.92 Å². The van der Waals surface area contributed by atoms with E-state index < -0.39 is 52.8 Å². The second-order valence-electron chi connectivity index (χ2n) is 9.07. The normalized spacial score (nSPS) is 12.6. The maximum absolute atomic E-state index is 14.0. The summed E-state index contributed by atoms with van der Waals surface area (Å²) in [7, 11) is 0. The molecule has 0 fully saturated rings. The van der Waals surface area contributed by atoms with Crippen LogP contribution in [0.5, 0.6) is 5.75 Å². The molecule has 220 valence electrons. The molecule has 1 rings (SSSR count). The van der Waals surface area contributed by atoms with Crippen LogP contribution in [0.4, 0.5) is 26.7 Å². The molecule has 1 aromatic carbocycles. The van der Waals surface area contributed by atoms with Crippen LogP contribution in [0.1, 0.15) is 91.9 Å². The summed E-state index contributed by atoms with van der Waals surface area (Å²) in [5.41, 5.74) is 0. The zero-order valence-corrected chi connectivity index (χ0v) is 22.9. The third kappa shape index (κ3) is 10.3. The molecule has 0 saturated carbocycles. The molecule has 0 heterocycles. The lowest BCUT2D eigenvalue weighted by atomic mass is 9.97. The average molecular weight is 556 g/mol. The van der Waals surface area contributed by atoms with Crippen LogP contribution in [0.2, 0.25) is 0 Å². The largest absolute Gasteiger partial charge is 0.412 e. The van der Waals surface area contributed by atoms with E-state index in [9.17, 15) is 26.7 Å². The topological polar surface area (TPSA) is 66.0 Å². The minimum Gasteiger partial charge on any atom is -0.404 e. The van der Waals surface area contributed by atoms with Gasteiger partial charge < -0.3 is 24.3 Å². The van der Waals surface area contributed by atoms with Gasteiger partial charge in [-0.05, 0) is 25.7 Å². The zero-order chi connectivity index (χ0) is 28.6. The molecular formula is C27H42F5NO5. The number of nitrogens with one attached hydrogen (secondary N) is 1. The molecule has 1 unspecified atom stereocenters. The van der Waals surface area contributed by atoms with Crippen LogP contribution in [-0.2, 0) is 14.2 Å². The van der Waals surface area contributed by atoms with E-state index in [4.69, 9.17) is 14.2 Å². The van der Waals surface area contributed by atoms with Crippen molar-refractivity contribution >= 4 is 6.09 Å².